The largest absolute Gasteiger partial charge is 0.409 e. The van der Waals surface area contributed by atoms with E-state index in [4.69, 9.17) is 10.9 Å². The lowest BCUT2D eigenvalue weighted by Gasteiger charge is -2.18. The fourth-order valence-electron chi connectivity index (χ4n) is 1.26. The number of rotatable bonds is 4. The van der Waals surface area contributed by atoms with E-state index in [2.05, 4.69) is 15.5 Å². The highest BCUT2D eigenvalue weighted by molar-refractivity contribution is 5.84. The van der Waals surface area contributed by atoms with Crippen molar-refractivity contribution in [2.24, 2.45) is 10.9 Å². The molecule has 0 aliphatic rings. The second-order valence-corrected chi connectivity index (χ2v) is 3.39. The zero-order valence-electron chi connectivity index (χ0n) is 8.88. The van der Waals surface area contributed by atoms with Gasteiger partial charge in [-0.05, 0) is 26.0 Å². The quantitative estimate of drug-likeness (QED) is 0.297. The minimum atomic E-state index is -0.188. The van der Waals surface area contributed by atoms with E-state index in [-0.39, 0.29) is 17.9 Å². The van der Waals surface area contributed by atoms with Crippen LogP contribution in [0.4, 0.5) is 0 Å². The van der Waals surface area contributed by atoms with Gasteiger partial charge in [-0.1, -0.05) is 11.2 Å². The number of nitrogens with one attached hydrogen (secondary N) is 1. The third-order valence-electron chi connectivity index (χ3n) is 2.19. The lowest BCUT2D eigenvalue weighted by molar-refractivity contribution is 0.314. The number of nitrogens with zero attached hydrogens (tertiary/aromatic N) is 2. The van der Waals surface area contributed by atoms with Gasteiger partial charge >= 0.3 is 0 Å². The second kappa shape index (κ2) is 5.31. The zero-order chi connectivity index (χ0) is 11.3. The smallest absolute Gasteiger partial charge is 0.156 e. The summed E-state index contributed by atoms with van der Waals surface area (Å²) in [5.41, 5.74) is 6.39. The predicted molar refractivity (Wildman–Crippen MR) is 58.7 cm³/mol. The van der Waals surface area contributed by atoms with E-state index in [9.17, 15) is 0 Å². The number of amidine groups is 1. The number of hydrogen-bond donors (Lipinski definition) is 3. The molecular formula is C10H16N4O. The van der Waals surface area contributed by atoms with Crippen molar-refractivity contribution in [3.05, 3.63) is 30.1 Å². The minimum absolute atomic E-state index is 0.0569. The average Bonchev–Trinajstić information content (AvgIpc) is 2.29. The van der Waals surface area contributed by atoms with Crippen LogP contribution in [0.25, 0.3) is 0 Å². The number of nitrogens with two attached hydrogens (primary N) is 1. The van der Waals surface area contributed by atoms with Crippen molar-refractivity contribution in [1.82, 2.24) is 10.3 Å². The molecule has 2 atom stereocenters. The van der Waals surface area contributed by atoms with Gasteiger partial charge in [0.25, 0.3) is 0 Å². The first-order valence-corrected chi connectivity index (χ1v) is 4.79. The van der Waals surface area contributed by atoms with Crippen molar-refractivity contribution < 1.29 is 5.21 Å². The standard InChI is InChI=1S/C10H16N4O/c1-7(9-5-3-4-6-12-9)13-8(2)10(11)14-15/h3-8,13,15H,1-2H3,(H2,11,14)/t7-,8?/m1/s1. The van der Waals surface area contributed by atoms with Gasteiger partial charge in [0.05, 0.1) is 11.7 Å². The Bertz CT molecular complexity index is 325. The molecule has 1 aromatic heterocycles. The summed E-state index contributed by atoms with van der Waals surface area (Å²) >= 11 is 0. The maximum atomic E-state index is 8.50. The highest BCUT2D eigenvalue weighted by atomic mass is 16.4. The van der Waals surface area contributed by atoms with Crippen LogP contribution in [0.2, 0.25) is 0 Å². The Labute approximate surface area is 89.0 Å². The van der Waals surface area contributed by atoms with Crippen molar-refractivity contribution in [3.8, 4) is 0 Å². The number of aromatic nitrogens is 1. The van der Waals surface area contributed by atoms with E-state index in [1.807, 2.05) is 32.0 Å². The Morgan fingerprint density at radius 3 is 2.80 bits per heavy atom. The Kier molecular flexibility index (Phi) is 4.05. The highest BCUT2D eigenvalue weighted by Gasteiger charge is 2.12. The number of oxime groups is 1. The van der Waals surface area contributed by atoms with Gasteiger partial charge in [-0.3, -0.25) is 10.3 Å². The summed E-state index contributed by atoms with van der Waals surface area (Å²) < 4.78 is 0. The molecule has 0 spiro atoms. The summed E-state index contributed by atoms with van der Waals surface area (Å²) in [6.45, 7) is 3.80. The Morgan fingerprint density at radius 1 is 1.53 bits per heavy atom. The van der Waals surface area contributed by atoms with E-state index < -0.39 is 0 Å². The lowest BCUT2D eigenvalue weighted by atomic mass is 10.2. The molecule has 0 saturated heterocycles. The van der Waals surface area contributed by atoms with Gasteiger partial charge in [0.1, 0.15) is 0 Å². The van der Waals surface area contributed by atoms with Gasteiger partial charge in [-0.25, -0.2) is 0 Å². The topological polar surface area (TPSA) is 83.5 Å². The molecule has 0 fully saturated rings. The summed E-state index contributed by atoms with van der Waals surface area (Å²) in [5.74, 6) is 0.165. The van der Waals surface area contributed by atoms with Crippen LogP contribution in [0.5, 0.6) is 0 Å². The van der Waals surface area contributed by atoms with Crippen LogP contribution in [-0.4, -0.2) is 22.1 Å². The second-order valence-electron chi connectivity index (χ2n) is 3.39. The van der Waals surface area contributed by atoms with Crippen molar-refractivity contribution in [2.45, 2.75) is 25.9 Å². The molecule has 0 amide bonds. The molecule has 0 aromatic carbocycles. The molecule has 0 aliphatic heterocycles. The van der Waals surface area contributed by atoms with Crippen LogP contribution >= 0.6 is 0 Å². The Hall–Kier alpha value is -1.62. The zero-order valence-corrected chi connectivity index (χ0v) is 8.88. The predicted octanol–water partition coefficient (Wildman–Crippen LogP) is 0.867. The molecule has 5 nitrogen and oxygen atoms in total. The fraction of sp³-hybridized carbons (Fsp3) is 0.400. The molecule has 1 heterocycles. The number of hydrogen-bond acceptors (Lipinski definition) is 4. The molecule has 82 valence electrons. The number of pyridine rings is 1. The van der Waals surface area contributed by atoms with Crippen LogP contribution in [0.3, 0.4) is 0 Å². The van der Waals surface area contributed by atoms with Crippen LogP contribution in [-0.2, 0) is 0 Å². The van der Waals surface area contributed by atoms with Gasteiger partial charge in [-0.2, -0.15) is 0 Å². The van der Waals surface area contributed by atoms with E-state index in [0.29, 0.717) is 0 Å². The van der Waals surface area contributed by atoms with Crippen LogP contribution < -0.4 is 11.1 Å². The molecule has 0 bridgehead atoms. The van der Waals surface area contributed by atoms with Crippen molar-refractivity contribution in [2.75, 3.05) is 0 Å². The van der Waals surface area contributed by atoms with Gasteiger partial charge in [0.2, 0.25) is 0 Å². The molecular weight excluding hydrogens is 192 g/mol. The highest BCUT2D eigenvalue weighted by Crippen LogP contribution is 2.08. The molecule has 4 N–H and O–H groups in total. The molecule has 0 saturated carbocycles. The van der Waals surface area contributed by atoms with Crippen LogP contribution in [0.15, 0.2) is 29.6 Å². The van der Waals surface area contributed by atoms with Gasteiger partial charge < -0.3 is 10.9 Å². The van der Waals surface area contributed by atoms with Crippen molar-refractivity contribution in [1.29, 1.82) is 0 Å². The maximum absolute atomic E-state index is 8.50. The summed E-state index contributed by atoms with van der Waals surface area (Å²) in [4.78, 5) is 4.21. The van der Waals surface area contributed by atoms with E-state index >= 15 is 0 Å². The molecule has 0 radical (unpaired) electrons. The normalized spacial score (nSPS) is 16.0. The van der Waals surface area contributed by atoms with Crippen LogP contribution in [0.1, 0.15) is 25.6 Å². The van der Waals surface area contributed by atoms with Crippen molar-refractivity contribution in [3.63, 3.8) is 0 Å². The fourth-order valence-corrected chi connectivity index (χ4v) is 1.26. The first kappa shape index (κ1) is 11.5. The summed E-state index contributed by atoms with van der Waals surface area (Å²) in [5, 5.41) is 14.6. The van der Waals surface area contributed by atoms with E-state index in [1.165, 1.54) is 0 Å². The molecule has 5 heteroatoms. The molecule has 1 unspecified atom stereocenters. The van der Waals surface area contributed by atoms with Gasteiger partial charge in [0.15, 0.2) is 5.84 Å². The summed E-state index contributed by atoms with van der Waals surface area (Å²) in [7, 11) is 0. The molecule has 15 heavy (non-hydrogen) atoms. The Morgan fingerprint density at radius 2 is 2.27 bits per heavy atom. The maximum Gasteiger partial charge on any atom is 0.156 e. The first-order valence-electron chi connectivity index (χ1n) is 4.79. The Balaban J connectivity index is 2.60. The van der Waals surface area contributed by atoms with E-state index in [0.717, 1.165) is 5.69 Å². The van der Waals surface area contributed by atoms with E-state index in [1.54, 1.807) is 6.20 Å². The monoisotopic (exact) mass is 208 g/mol. The summed E-state index contributed by atoms with van der Waals surface area (Å²) in [6, 6.07) is 5.59. The molecule has 1 rings (SSSR count). The summed E-state index contributed by atoms with van der Waals surface area (Å²) in [6.07, 6.45) is 1.74. The first-order chi connectivity index (χ1) is 7.15. The van der Waals surface area contributed by atoms with Crippen molar-refractivity contribution >= 4 is 5.84 Å². The molecule has 1 aromatic rings. The lowest BCUT2D eigenvalue weighted by Crippen LogP contribution is -2.40. The third kappa shape index (κ3) is 3.21. The minimum Gasteiger partial charge on any atom is -0.409 e. The molecule has 0 aliphatic carbocycles. The van der Waals surface area contributed by atoms with Gasteiger partial charge in [-0.15, -0.1) is 0 Å². The van der Waals surface area contributed by atoms with Crippen LogP contribution in [0, 0.1) is 0 Å². The third-order valence-corrected chi connectivity index (χ3v) is 2.19. The van der Waals surface area contributed by atoms with Gasteiger partial charge in [0, 0.05) is 12.2 Å². The average molecular weight is 208 g/mol. The SMILES string of the molecule is CC(N[C@H](C)c1ccccn1)/C(N)=N/O.